The Morgan fingerprint density at radius 2 is 2.11 bits per heavy atom. The van der Waals surface area contributed by atoms with Crippen LogP contribution in [0, 0.1) is 11.3 Å². The van der Waals surface area contributed by atoms with E-state index in [4.69, 9.17) is 5.26 Å². The summed E-state index contributed by atoms with van der Waals surface area (Å²) in [4.78, 5) is 11.8. The van der Waals surface area contributed by atoms with Crippen molar-refractivity contribution in [2.75, 3.05) is 0 Å². The summed E-state index contributed by atoms with van der Waals surface area (Å²) in [6.45, 7) is 2.08. The van der Waals surface area contributed by atoms with E-state index < -0.39 is 0 Å². The van der Waals surface area contributed by atoms with Gasteiger partial charge in [0.1, 0.15) is 11.8 Å². The number of rotatable bonds is 1. The normalized spacial score (nSPS) is 17.3. The standard InChI is InChI=1S/C16H14N2O/c1-10-7-16(19)13-5-3-11(8-14(10)13)15-6-4-12(9-17)18(15)2/h3-6,8,10H,7H2,1-2H3. The van der Waals surface area contributed by atoms with Gasteiger partial charge in [-0.3, -0.25) is 4.79 Å². The Balaban J connectivity index is 2.13. The third-order valence-corrected chi connectivity index (χ3v) is 3.91. The second kappa shape index (κ2) is 4.10. The van der Waals surface area contributed by atoms with Gasteiger partial charge >= 0.3 is 0 Å². The predicted molar refractivity (Wildman–Crippen MR) is 72.9 cm³/mol. The highest BCUT2D eigenvalue weighted by Crippen LogP contribution is 2.35. The molecule has 3 heteroatoms. The Labute approximate surface area is 112 Å². The molecule has 0 aliphatic heterocycles. The number of carbonyl (C=O) groups is 1. The maximum absolute atomic E-state index is 11.8. The molecule has 1 aromatic carbocycles. The summed E-state index contributed by atoms with van der Waals surface area (Å²) in [6, 6.07) is 11.9. The van der Waals surface area contributed by atoms with Crippen molar-refractivity contribution in [2.45, 2.75) is 19.3 Å². The van der Waals surface area contributed by atoms with Crippen molar-refractivity contribution < 1.29 is 4.79 Å². The van der Waals surface area contributed by atoms with Gasteiger partial charge in [-0.25, -0.2) is 0 Å². The molecule has 0 saturated carbocycles. The number of aromatic nitrogens is 1. The molecule has 0 radical (unpaired) electrons. The average Bonchev–Trinajstić information content (AvgIpc) is 2.91. The van der Waals surface area contributed by atoms with Gasteiger partial charge < -0.3 is 4.57 Å². The fourth-order valence-corrected chi connectivity index (χ4v) is 2.80. The molecule has 1 unspecified atom stereocenters. The Kier molecular flexibility index (Phi) is 2.53. The van der Waals surface area contributed by atoms with Crippen molar-refractivity contribution in [3.8, 4) is 17.3 Å². The smallest absolute Gasteiger partial charge is 0.163 e. The van der Waals surface area contributed by atoms with Gasteiger partial charge in [0.15, 0.2) is 5.78 Å². The molecule has 19 heavy (non-hydrogen) atoms. The summed E-state index contributed by atoms with van der Waals surface area (Å²) < 4.78 is 1.88. The minimum atomic E-state index is 0.235. The first-order chi connectivity index (χ1) is 9.11. The molecule has 1 aliphatic carbocycles. The maximum Gasteiger partial charge on any atom is 0.163 e. The van der Waals surface area contributed by atoms with E-state index >= 15 is 0 Å². The first-order valence-electron chi connectivity index (χ1n) is 6.35. The minimum absolute atomic E-state index is 0.235. The summed E-state index contributed by atoms with van der Waals surface area (Å²) in [5.41, 5.74) is 4.68. The van der Waals surface area contributed by atoms with Crippen LogP contribution in [0.2, 0.25) is 0 Å². The number of nitriles is 1. The van der Waals surface area contributed by atoms with Gasteiger partial charge in [-0.05, 0) is 35.2 Å². The molecule has 2 aromatic rings. The van der Waals surface area contributed by atoms with Gasteiger partial charge in [0.25, 0.3) is 0 Å². The molecular weight excluding hydrogens is 236 g/mol. The van der Waals surface area contributed by atoms with Crippen LogP contribution in [0.3, 0.4) is 0 Å². The summed E-state index contributed by atoms with van der Waals surface area (Å²) in [7, 11) is 1.88. The van der Waals surface area contributed by atoms with Crippen LogP contribution in [-0.2, 0) is 7.05 Å². The monoisotopic (exact) mass is 250 g/mol. The molecule has 0 spiro atoms. The van der Waals surface area contributed by atoms with Crippen LogP contribution >= 0.6 is 0 Å². The molecule has 0 N–H and O–H groups in total. The lowest BCUT2D eigenvalue weighted by molar-refractivity contribution is 0.0990. The molecule has 3 nitrogen and oxygen atoms in total. The van der Waals surface area contributed by atoms with Crippen LogP contribution in [0.4, 0.5) is 0 Å². The van der Waals surface area contributed by atoms with E-state index in [1.165, 1.54) is 0 Å². The lowest BCUT2D eigenvalue weighted by atomic mass is 9.99. The van der Waals surface area contributed by atoms with Crippen LogP contribution in [0.15, 0.2) is 30.3 Å². The van der Waals surface area contributed by atoms with E-state index in [-0.39, 0.29) is 11.7 Å². The number of nitrogens with zero attached hydrogens (tertiary/aromatic N) is 2. The number of hydrogen-bond acceptors (Lipinski definition) is 2. The zero-order chi connectivity index (χ0) is 13.6. The Morgan fingerprint density at radius 3 is 2.79 bits per heavy atom. The fourth-order valence-electron chi connectivity index (χ4n) is 2.80. The van der Waals surface area contributed by atoms with E-state index in [1.54, 1.807) is 0 Å². The highest BCUT2D eigenvalue weighted by Gasteiger charge is 2.26. The van der Waals surface area contributed by atoms with Crippen molar-refractivity contribution in [3.63, 3.8) is 0 Å². The topological polar surface area (TPSA) is 45.8 Å². The van der Waals surface area contributed by atoms with E-state index in [9.17, 15) is 4.79 Å². The van der Waals surface area contributed by atoms with E-state index in [1.807, 2.05) is 35.9 Å². The molecule has 1 heterocycles. The zero-order valence-electron chi connectivity index (χ0n) is 11.0. The quantitative estimate of drug-likeness (QED) is 0.779. The van der Waals surface area contributed by atoms with Crippen molar-refractivity contribution in [1.82, 2.24) is 4.57 Å². The molecule has 0 fully saturated rings. The number of ketones is 1. The van der Waals surface area contributed by atoms with Crippen LogP contribution in [0.1, 0.15) is 40.9 Å². The first-order valence-corrected chi connectivity index (χ1v) is 6.35. The van der Waals surface area contributed by atoms with Gasteiger partial charge in [0.2, 0.25) is 0 Å². The molecule has 94 valence electrons. The molecule has 0 amide bonds. The Bertz CT molecular complexity index is 719. The van der Waals surface area contributed by atoms with Crippen LogP contribution in [0.25, 0.3) is 11.3 Å². The van der Waals surface area contributed by atoms with Crippen molar-refractivity contribution in [2.24, 2.45) is 7.05 Å². The van der Waals surface area contributed by atoms with Gasteiger partial charge in [-0.15, -0.1) is 0 Å². The zero-order valence-corrected chi connectivity index (χ0v) is 11.0. The van der Waals surface area contributed by atoms with Crippen LogP contribution in [0.5, 0.6) is 0 Å². The first kappa shape index (κ1) is 11.7. The van der Waals surface area contributed by atoms with Gasteiger partial charge in [-0.2, -0.15) is 5.26 Å². The molecule has 0 saturated heterocycles. The predicted octanol–water partition coefficient (Wildman–Crippen LogP) is 3.25. The summed E-state index contributed by atoms with van der Waals surface area (Å²) >= 11 is 0. The molecule has 1 aliphatic rings. The number of carbonyl (C=O) groups excluding carboxylic acids is 1. The fraction of sp³-hybridized carbons (Fsp3) is 0.250. The second-order valence-corrected chi connectivity index (χ2v) is 5.11. The lowest BCUT2D eigenvalue weighted by Gasteiger charge is -2.08. The summed E-state index contributed by atoms with van der Waals surface area (Å²) in [5.74, 6) is 0.525. The summed E-state index contributed by atoms with van der Waals surface area (Å²) in [5, 5.41) is 8.99. The van der Waals surface area contributed by atoms with Gasteiger partial charge in [0, 0.05) is 24.7 Å². The molecule has 0 bridgehead atoms. The number of hydrogen-bond donors (Lipinski definition) is 0. The van der Waals surface area contributed by atoms with E-state index in [0.717, 1.165) is 22.4 Å². The molecule has 1 atom stereocenters. The number of Topliss-reactive ketones (excluding diaryl/α,β-unsaturated/α-hetero) is 1. The molecule has 1 aromatic heterocycles. The number of benzene rings is 1. The average molecular weight is 250 g/mol. The van der Waals surface area contributed by atoms with Crippen molar-refractivity contribution >= 4 is 5.78 Å². The Morgan fingerprint density at radius 1 is 1.32 bits per heavy atom. The molecular formula is C16H14N2O. The van der Waals surface area contributed by atoms with Gasteiger partial charge in [-0.1, -0.05) is 19.1 Å². The van der Waals surface area contributed by atoms with Crippen molar-refractivity contribution in [1.29, 1.82) is 5.26 Å². The lowest BCUT2D eigenvalue weighted by Crippen LogP contribution is -1.96. The minimum Gasteiger partial charge on any atom is -0.335 e. The summed E-state index contributed by atoms with van der Waals surface area (Å²) in [6.07, 6.45) is 0.607. The largest absolute Gasteiger partial charge is 0.335 e. The van der Waals surface area contributed by atoms with Crippen LogP contribution in [-0.4, -0.2) is 10.4 Å². The number of fused-ring (bicyclic) bond motifs is 1. The second-order valence-electron chi connectivity index (χ2n) is 5.11. The van der Waals surface area contributed by atoms with E-state index in [2.05, 4.69) is 19.1 Å². The van der Waals surface area contributed by atoms with E-state index in [0.29, 0.717) is 12.1 Å². The third-order valence-electron chi connectivity index (χ3n) is 3.91. The Hall–Kier alpha value is -2.34. The van der Waals surface area contributed by atoms with Gasteiger partial charge in [0.05, 0.1) is 0 Å². The van der Waals surface area contributed by atoms with Crippen molar-refractivity contribution in [3.05, 3.63) is 47.2 Å². The highest BCUT2D eigenvalue weighted by molar-refractivity contribution is 6.01. The maximum atomic E-state index is 11.8. The molecule has 3 rings (SSSR count). The highest BCUT2D eigenvalue weighted by atomic mass is 16.1. The SMILES string of the molecule is CC1CC(=O)c2ccc(-c3ccc(C#N)n3C)cc21. The van der Waals surface area contributed by atoms with Crippen LogP contribution < -0.4 is 0 Å². The third kappa shape index (κ3) is 1.68.